The molecule has 0 bridgehead atoms. The Balaban J connectivity index is 1.79. The zero-order valence-electron chi connectivity index (χ0n) is 9.30. The van der Waals surface area contributed by atoms with E-state index in [1.54, 1.807) is 0 Å². The summed E-state index contributed by atoms with van der Waals surface area (Å²) in [6.07, 6.45) is 2.38. The lowest BCUT2D eigenvalue weighted by Crippen LogP contribution is -2.32. The molecule has 1 saturated carbocycles. The smallest absolute Gasteiger partial charge is 0.251 e. The van der Waals surface area contributed by atoms with Crippen LogP contribution in [0.3, 0.4) is 0 Å². The van der Waals surface area contributed by atoms with Crippen LogP contribution in [0.15, 0.2) is 18.2 Å². The highest BCUT2D eigenvalue weighted by atomic mass is 19.2. The van der Waals surface area contributed by atoms with Gasteiger partial charge in [-0.3, -0.25) is 4.79 Å². The average Bonchev–Trinajstić information content (AvgIpc) is 3.12. The Kier molecular flexibility index (Phi) is 3.68. The van der Waals surface area contributed by atoms with Crippen molar-refractivity contribution in [3.05, 3.63) is 35.4 Å². The van der Waals surface area contributed by atoms with Crippen molar-refractivity contribution < 1.29 is 13.6 Å². The number of carbonyl (C=O) groups excluding carboxylic acids is 1. The first-order valence-corrected chi connectivity index (χ1v) is 5.63. The highest BCUT2D eigenvalue weighted by molar-refractivity contribution is 5.94. The molecule has 1 aromatic rings. The fraction of sp³-hybridized carbons (Fsp3) is 0.417. The van der Waals surface area contributed by atoms with Gasteiger partial charge in [0.2, 0.25) is 0 Å². The molecule has 1 aliphatic carbocycles. The first-order valence-electron chi connectivity index (χ1n) is 5.63. The Morgan fingerprint density at radius 3 is 2.65 bits per heavy atom. The third kappa shape index (κ3) is 3.49. The molecule has 5 heteroatoms. The first kappa shape index (κ1) is 12.0. The lowest BCUT2D eigenvalue weighted by molar-refractivity contribution is 0.0953. The fourth-order valence-electron chi connectivity index (χ4n) is 1.48. The third-order valence-corrected chi connectivity index (χ3v) is 2.60. The van der Waals surface area contributed by atoms with Crippen LogP contribution in [0.4, 0.5) is 8.78 Å². The molecule has 0 aromatic heterocycles. The van der Waals surface area contributed by atoms with Gasteiger partial charge in [0.15, 0.2) is 11.6 Å². The summed E-state index contributed by atoms with van der Waals surface area (Å²) >= 11 is 0. The van der Waals surface area contributed by atoms with Gasteiger partial charge < -0.3 is 10.6 Å². The summed E-state index contributed by atoms with van der Waals surface area (Å²) in [6.45, 7) is 1.18. The summed E-state index contributed by atoms with van der Waals surface area (Å²) in [6, 6.07) is 3.71. The summed E-state index contributed by atoms with van der Waals surface area (Å²) in [5.74, 6) is -2.34. The van der Waals surface area contributed by atoms with Crippen LogP contribution >= 0.6 is 0 Å². The minimum absolute atomic E-state index is 0.135. The molecular formula is C12H14F2N2O. The van der Waals surface area contributed by atoms with Crippen LogP contribution in [-0.2, 0) is 0 Å². The van der Waals surface area contributed by atoms with Crippen molar-refractivity contribution in [3.63, 3.8) is 0 Å². The Morgan fingerprint density at radius 2 is 2.00 bits per heavy atom. The summed E-state index contributed by atoms with van der Waals surface area (Å²) in [4.78, 5) is 11.5. The van der Waals surface area contributed by atoms with E-state index in [0.29, 0.717) is 19.1 Å². The number of benzene rings is 1. The zero-order chi connectivity index (χ0) is 12.3. The van der Waals surface area contributed by atoms with Crippen molar-refractivity contribution in [3.8, 4) is 0 Å². The van der Waals surface area contributed by atoms with Gasteiger partial charge in [-0.15, -0.1) is 0 Å². The molecule has 0 aliphatic heterocycles. The molecule has 92 valence electrons. The van der Waals surface area contributed by atoms with Crippen molar-refractivity contribution in [1.82, 2.24) is 10.6 Å². The Labute approximate surface area is 98.2 Å². The van der Waals surface area contributed by atoms with Crippen LogP contribution in [0.25, 0.3) is 0 Å². The second kappa shape index (κ2) is 5.23. The van der Waals surface area contributed by atoms with Crippen molar-refractivity contribution in [2.24, 2.45) is 0 Å². The minimum Gasteiger partial charge on any atom is -0.351 e. The van der Waals surface area contributed by atoms with Crippen LogP contribution in [0.2, 0.25) is 0 Å². The standard InChI is InChI=1S/C12H14F2N2O/c13-10-4-1-8(7-11(10)14)12(17)16-6-5-15-9-2-3-9/h1,4,7,9,15H,2-3,5-6H2,(H,16,17). The molecule has 0 saturated heterocycles. The van der Waals surface area contributed by atoms with Crippen LogP contribution in [0, 0.1) is 11.6 Å². The molecule has 0 radical (unpaired) electrons. The van der Waals surface area contributed by atoms with E-state index < -0.39 is 11.6 Å². The Hall–Kier alpha value is -1.49. The molecule has 17 heavy (non-hydrogen) atoms. The summed E-state index contributed by atoms with van der Waals surface area (Å²) < 4.78 is 25.5. The maximum absolute atomic E-state index is 12.9. The van der Waals surface area contributed by atoms with Crippen molar-refractivity contribution in [2.45, 2.75) is 18.9 Å². The summed E-state index contributed by atoms with van der Waals surface area (Å²) in [7, 11) is 0. The number of hydrogen-bond donors (Lipinski definition) is 2. The molecule has 1 amide bonds. The monoisotopic (exact) mass is 240 g/mol. The van der Waals surface area contributed by atoms with E-state index in [9.17, 15) is 13.6 Å². The fourth-order valence-corrected chi connectivity index (χ4v) is 1.48. The molecule has 0 unspecified atom stereocenters. The maximum atomic E-state index is 12.9. The van der Waals surface area contributed by atoms with E-state index in [4.69, 9.17) is 0 Å². The number of halogens is 2. The van der Waals surface area contributed by atoms with Gasteiger partial charge >= 0.3 is 0 Å². The highest BCUT2D eigenvalue weighted by Crippen LogP contribution is 2.17. The summed E-state index contributed by atoms with van der Waals surface area (Å²) in [5, 5.41) is 5.87. The SMILES string of the molecule is O=C(NCCNC1CC1)c1ccc(F)c(F)c1. The van der Waals surface area contributed by atoms with Crippen molar-refractivity contribution >= 4 is 5.91 Å². The second-order valence-electron chi connectivity index (χ2n) is 4.11. The zero-order valence-corrected chi connectivity index (χ0v) is 9.30. The lowest BCUT2D eigenvalue weighted by atomic mass is 10.2. The number of carbonyl (C=O) groups is 1. The minimum atomic E-state index is -1.01. The van der Waals surface area contributed by atoms with Crippen molar-refractivity contribution in [2.75, 3.05) is 13.1 Å². The van der Waals surface area contributed by atoms with E-state index in [-0.39, 0.29) is 11.5 Å². The van der Waals surface area contributed by atoms with E-state index in [2.05, 4.69) is 10.6 Å². The normalized spacial score (nSPS) is 14.7. The van der Waals surface area contributed by atoms with E-state index >= 15 is 0 Å². The molecular weight excluding hydrogens is 226 g/mol. The molecule has 2 rings (SSSR count). The largest absolute Gasteiger partial charge is 0.351 e. The molecule has 2 N–H and O–H groups in total. The van der Waals surface area contributed by atoms with Crippen molar-refractivity contribution in [1.29, 1.82) is 0 Å². The molecule has 1 fully saturated rings. The summed E-state index contributed by atoms with van der Waals surface area (Å²) in [5.41, 5.74) is 0.135. The van der Waals surface area contributed by atoms with E-state index in [1.165, 1.54) is 18.9 Å². The molecule has 1 aliphatic rings. The van der Waals surface area contributed by atoms with Crippen LogP contribution < -0.4 is 10.6 Å². The first-order chi connectivity index (χ1) is 8.16. The Morgan fingerprint density at radius 1 is 1.24 bits per heavy atom. The van der Waals surface area contributed by atoms with Gasteiger partial charge in [0.05, 0.1) is 0 Å². The number of nitrogens with one attached hydrogen (secondary N) is 2. The van der Waals surface area contributed by atoms with Crippen LogP contribution in [0.1, 0.15) is 23.2 Å². The second-order valence-corrected chi connectivity index (χ2v) is 4.11. The van der Waals surface area contributed by atoms with E-state index in [0.717, 1.165) is 12.1 Å². The molecule has 0 spiro atoms. The lowest BCUT2D eigenvalue weighted by Gasteiger charge is -2.06. The predicted octanol–water partition coefficient (Wildman–Crippen LogP) is 1.45. The molecule has 3 nitrogen and oxygen atoms in total. The quantitative estimate of drug-likeness (QED) is 0.765. The molecule has 0 atom stereocenters. The maximum Gasteiger partial charge on any atom is 0.251 e. The third-order valence-electron chi connectivity index (χ3n) is 2.60. The van der Waals surface area contributed by atoms with Crippen LogP contribution in [-0.4, -0.2) is 25.0 Å². The molecule has 0 heterocycles. The number of hydrogen-bond acceptors (Lipinski definition) is 2. The Bertz CT molecular complexity index is 419. The van der Waals surface area contributed by atoms with Crippen LogP contribution in [0.5, 0.6) is 0 Å². The predicted molar refractivity (Wildman–Crippen MR) is 59.7 cm³/mol. The van der Waals surface area contributed by atoms with Gasteiger partial charge in [0, 0.05) is 24.7 Å². The van der Waals surface area contributed by atoms with Gasteiger partial charge in [-0.25, -0.2) is 8.78 Å². The topological polar surface area (TPSA) is 41.1 Å². The number of amides is 1. The number of rotatable bonds is 5. The van der Waals surface area contributed by atoms with E-state index in [1.807, 2.05) is 0 Å². The van der Waals surface area contributed by atoms with Gasteiger partial charge in [-0.1, -0.05) is 0 Å². The average molecular weight is 240 g/mol. The van der Waals surface area contributed by atoms with Gasteiger partial charge in [0.1, 0.15) is 0 Å². The molecule has 1 aromatic carbocycles. The van der Waals surface area contributed by atoms with Gasteiger partial charge in [-0.05, 0) is 31.0 Å². The van der Waals surface area contributed by atoms with Gasteiger partial charge in [0.25, 0.3) is 5.91 Å². The van der Waals surface area contributed by atoms with Gasteiger partial charge in [-0.2, -0.15) is 0 Å². The highest BCUT2D eigenvalue weighted by Gasteiger charge is 2.19.